The number of anilines is 1. The van der Waals surface area contributed by atoms with Gasteiger partial charge in [0.2, 0.25) is 5.91 Å². The molecule has 0 saturated carbocycles. The van der Waals surface area contributed by atoms with Gasteiger partial charge < -0.3 is 10.4 Å². The van der Waals surface area contributed by atoms with Gasteiger partial charge in [0.1, 0.15) is 5.75 Å². The predicted octanol–water partition coefficient (Wildman–Crippen LogP) is 1.56. The lowest BCUT2D eigenvalue weighted by molar-refractivity contribution is -0.117. The van der Waals surface area contributed by atoms with Crippen LogP contribution >= 0.6 is 11.8 Å². The number of aromatic hydroxyl groups is 1. The van der Waals surface area contributed by atoms with E-state index in [0.29, 0.717) is 5.69 Å². The average Bonchev–Trinajstić information content (AvgIpc) is 2.85. The minimum Gasteiger partial charge on any atom is -0.506 e. The van der Waals surface area contributed by atoms with E-state index in [1.54, 1.807) is 17.8 Å². The zero-order chi connectivity index (χ0) is 12.3. The van der Waals surface area contributed by atoms with Crippen molar-refractivity contribution in [3.05, 3.63) is 23.8 Å². The molecule has 0 radical (unpaired) electrons. The number of amides is 1. The fourth-order valence-electron chi connectivity index (χ4n) is 1.69. The summed E-state index contributed by atoms with van der Waals surface area (Å²) < 4.78 is 0. The number of phenolic OH excluding ortho intramolecular Hbond substituents is 1. The molecule has 0 spiro atoms. The molecule has 0 aliphatic carbocycles. The first kappa shape index (κ1) is 12.3. The van der Waals surface area contributed by atoms with Gasteiger partial charge in [-0.25, -0.2) is 0 Å². The van der Waals surface area contributed by atoms with Crippen molar-refractivity contribution in [2.75, 3.05) is 16.9 Å². The van der Waals surface area contributed by atoms with Crippen LogP contribution in [0.25, 0.3) is 0 Å². The number of hydrogen-bond donors (Lipinski definition) is 3. The highest BCUT2D eigenvalue weighted by Crippen LogP contribution is 2.25. The zero-order valence-electron chi connectivity index (χ0n) is 9.69. The maximum Gasteiger partial charge on any atom is 0.242 e. The van der Waals surface area contributed by atoms with E-state index in [1.165, 1.54) is 0 Å². The molecule has 0 bridgehead atoms. The fraction of sp³-hybridized carbons (Fsp3) is 0.417. The Hall–Kier alpha value is -1.20. The van der Waals surface area contributed by atoms with Gasteiger partial charge in [-0.15, -0.1) is 11.8 Å². The first-order chi connectivity index (χ1) is 8.20. The summed E-state index contributed by atoms with van der Waals surface area (Å²) in [4.78, 5) is 11.9. The highest BCUT2D eigenvalue weighted by atomic mass is 32.2. The Morgan fingerprint density at radius 3 is 3.12 bits per heavy atom. The molecule has 1 aliphatic rings. The zero-order valence-corrected chi connectivity index (χ0v) is 10.5. The number of carbonyl (C=O) groups excluding carboxylic acids is 1. The van der Waals surface area contributed by atoms with Crippen LogP contribution in [0.3, 0.4) is 0 Å². The number of benzene rings is 1. The first-order valence-electron chi connectivity index (χ1n) is 5.64. The second kappa shape index (κ2) is 5.42. The van der Waals surface area contributed by atoms with Gasteiger partial charge in [0.25, 0.3) is 0 Å². The Balaban J connectivity index is 2.09. The number of phenols is 1. The number of thioether (sulfide) groups is 1. The molecule has 1 unspecified atom stereocenters. The van der Waals surface area contributed by atoms with E-state index in [1.807, 2.05) is 19.1 Å². The molecule has 5 heteroatoms. The van der Waals surface area contributed by atoms with Gasteiger partial charge in [-0.2, -0.15) is 0 Å². The Morgan fingerprint density at radius 1 is 1.65 bits per heavy atom. The molecule has 1 amide bonds. The van der Waals surface area contributed by atoms with Crippen LogP contribution in [0.4, 0.5) is 5.69 Å². The van der Waals surface area contributed by atoms with Gasteiger partial charge >= 0.3 is 0 Å². The van der Waals surface area contributed by atoms with Crippen LogP contribution in [0.1, 0.15) is 12.5 Å². The number of nitrogens with one attached hydrogen (secondary N) is 2. The number of carbonyl (C=O) groups is 1. The van der Waals surface area contributed by atoms with Crippen LogP contribution in [-0.4, -0.2) is 28.7 Å². The Morgan fingerprint density at radius 2 is 2.47 bits per heavy atom. The molecule has 1 aromatic rings. The maximum absolute atomic E-state index is 11.9. The molecule has 1 atom stereocenters. The summed E-state index contributed by atoms with van der Waals surface area (Å²) in [5, 5.41) is 15.5. The number of rotatable bonds is 3. The van der Waals surface area contributed by atoms with Gasteiger partial charge in [0.05, 0.1) is 11.7 Å². The van der Waals surface area contributed by atoms with Crippen LogP contribution in [0.2, 0.25) is 0 Å². The molecule has 1 heterocycles. The van der Waals surface area contributed by atoms with Gasteiger partial charge in [-0.1, -0.05) is 13.0 Å². The lowest BCUT2D eigenvalue weighted by atomic mass is 10.1. The molecule has 3 N–H and O–H groups in total. The highest BCUT2D eigenvalue weighted by molar-refractivity contribution is 7.99. The second-order valence-corrected chi connectivity index (χ2v) is 5.00. The molecule has 1 fully saturated rings. The third-order valence-electron chi connectivity index (χ3n) is 2.76. The summed E-state index contributed by atoms with van der Waals surface area (Å²) in [7, 11) is 0. The van der Waals surface area contributed by atoms with Gasteiger partial charge in [-0.3, -0.25) is 10.1 Å². The van der Waals surface area contributed by atoms with Crippen molar-refractivity contribution in [1.82, 2.24) is 5.32 Å². The van der Waals surface area contributed by atoms with E-state index in [4.69, 9.17) is 0 Å². The van der Waals surface area contributed by atoms with Crippen molar-refractivity contribution in [3.8, 4) is 5.75 Å². The summed E-state index contributed by atoms with van der Waals surface area (Å²) in [5.41, 5.74) is 1.58. The number of hydrogen-bond acceptors (Lipinski definition) is 4. The van der Waals surface area contributed by atoms with Crippen LogP contribution in [0, 0.1) is 0 Å². The Kier molecular flexibility index (Phi) is 3.91. The van der Waals surface area contributed by atoms with E-state index < -0.39 is 0 Å². The molecule has 92 valence electrons. The van der Waals surface area contributed by atoms with Crippen molar-refractivity contribution in [1.29, 1.82) is 0 Å². The van der Waals surface area contributed by atoms with E-state index in [2.05, 4.69) is 10.6 Å². The lowest BCUT2D eigenvalue weighted by Crippen LogP contribution is -2.37. The van der Waals surface area contributed by atoms with Crippen molar-refractivity contribution < 1.29 is 9.90 Å². The summed E-state index contributed by atoms with van der Waals surface area (Å²) in [6.45, 7) is 2.03. The second-order valence-electron chi connectivity index (χ2n) is 3.97. The third kappa shape index (κ3) is 2.92. The average molecular weight is 252 g/mol. The maximum atomic E-state index is 11.9. The summed E-state index contributed by atoms with van der Waals surface area (Å²) in [6, 6.07) is 5.12. The van der Waals surface area contributed by atoms with E-state index in [-0.39, 0.29) is 17.7 Å². The Bertz CT molecular complexity index is 417. The van der Waals surface area contributed by atoms with Gasteiger partial charge in [-0.05, 0) is 24.1 Å². The van der Waals surface area contributed by atoms with Crippen molar-refractivity contribution in [2.24, 2.45) is 0 Å². The minimum atomic E-state index is -0.162. The molecule has 4 nitrogen and oxygen atoms in total. The topological polar surface area (TPSA) is 61.4 Å². The fourth-order valence-corrected chi connectivity index (χ4v) is 2.63. The summed E-state index contributed by atoms with van der Waals surface area (Å²) in [6.07, 6.45) is 0.876. The third-order valence-corrected chi connectivity index (χ3v) is 3.70. The molecule has 0 aromatic heterocycles. The van der Waals surface area contributed by atoms with Gasteiger partial charge in [0, 0.05) is 11.6 Å². The largest absolute Gasteiger partial charge is 0.506 e. The SMILES string of the molecule is CCc1ccc(O)c(NC(=O)C2CSCN2)c1. The van der Waals surface area contributed by atoms with Crippen LogP contribution < -0.4 is 10.6 Å². The monoisotopic (exact) mass is 252 g/mol. The Labute approximate surface area is 105 Å². The number of aryl methyl sites for hydroxylation is 1. The van der Waals surface area contributed by atoms with E-state index in [0.717, 1.165) is 23.6 Å². The van der Waals surface area contributed by atoms with Crippen molar-refractivity contribution in [2.45, 2.75) is 19.4 Å². The molecule has 1 saturated heterocycles. The molecule has 1 aliphatic heterocycles. The molecule has 1 aromatic carbocycles. The highest BCUT2D eigenvalue weighted by Gasteiger charge is 2.23. The van der Waals surface area contributed by atoms with Crippen molar-refractivity contribution in [3.63, 3.8) is 0 Å². The van der Waals surface area contributed by atoms with Crippen molar-refractivity contribution >= 4 is 23.4 Å². The quantitative estimate of drug-likeness (QED) is 0.714. The lowest BCUT2D eigenvalue weighted by Gasteiger charge is -2.12. The molecule has 17 heavy (non-hydrogen) atoms. The minimum absolute atomic E-state index is 0.0847. The normalized spacial score (nSPS) is 19.2. The van der Waals surface area contributed by atoms with Crippen LogP contribution in [-0.2, 0) is 11.2 Å². The summed E-state index contributed by atoms with van der Waals surface area (Å²) >= 11 is 1.70. The van der Waals surface area contributed by atoms with Crippen LogP contribution in [0.5, 0.6) is 5.75 Å². The summed E-state index contributed by atoms with van der Waals surface area (Å²) in [5.74, 6) is 1.61. The standard InChI is InChI=1S/C12H16N2O2S/c1-2-8-3-4-11(15)9(5-8)14-12(16)10-6-17-7-13-10/h3-5,10,13,15H,2,6-7H2,1H3,(H,14,16). The predicted molar refractivity (Wildman–Crippen MR) is 70.4 cm³/mol. The van der Waals surface area contributed by atoms with Crippen LogP contribution in [0.15, 0.2) is 18.2 Å². The molecule has 2 rings (SSSR count). The molecular weight excluding hydrogens is 236 g/mol. The van der Waals surface area contributed by atoms with E-state index in [9.17, 15) is 9.90 Å². The smallest absolute Gasteiger partial charge is 0.242 e. The molecular formula is C12H16N2O2S. The van der Waals surface area contributed by atoms with E-state index >= 15 is 0 Å². The van der Waals surface area contributed by atoms with Gasteiger partial charge in [0.15, 0.2) is 0 Å². The first-order valence-corrected chi connectivity index (χ1v) is 6.80.